The molecule has 1 aromatic heterocycles. The number of phenols is 1. The molecule has 30 heavy (non-hydrogen) atoms. The van der Waals surface area contributed by atoms with Crippen molar-refractivity contribution in [2.24, 2.45) is 0 Å². The first-order chi connectivity index (χ1) is 14.4. The first-order valence-corrected chi connectivity index (χ1v) is 9.87. The Morgan fingerprint density at radius 1 is 1.20 bits per heavy atom. The zero-order valence-corrected chi connectivity index (χ0v) is 17.2. The van der Waals surface area contributed by atoms with Crippen molar-refractivity contribution in [2.45, 2.75) is 6.92 Å². The van der Waals surface area contributed by atoms with Crippen LogP contribution in [0.5, 0.6) is 11.5 Å². The number of carbonyl (C=O) groups is 2. The molecule has 0 bridgehead atoms. The minimum atomic E-state index is -0.670. The molecule has 0 spiro atoms. The van der Waals surface area contributed by atoms with Crippen molar-refractivity contribution in [2.75, 3.05) is 19.0 Å². The van der Waals surface area contributed by atoms with Gasteiger partial charge in [-0.05, 0) is 30.7 Å². The van der Waals surface area contributed by atoms with E-state index in [0.717, 1.165) is 16.8 Å². The average molecular weight is 424 g/mol. The summed E-state index contributed by atoms with van der Waals surface area (Å²) in [6, 6.07) is 12.6. The molecule has 0 saturated carbocycles. The molecule has 8 heteroatoms. The van der Waals surface area contributed by atoms with Gasteiger partial charge in [-0.2, -0.15) is 0 Å². The zero-order chi connectivity index (χ0) is 21.5. The van der Waals surface area contributed by atoms with Crippen LogP contribution in [0.15, 0.2) is 53.9 Å². The van der Waals surface area contributed by atoms with E-state index in [1.807, 2.05) is 36.6 Å². The predicted octanol–water partition coefficient (Wildman–Crippen LogP) is 4.03. The highest BCUT2D eigenvalue weighted by molar-refractivity contribution is 7.14. The Kier molecular flexibility index (Phi) is 6.82. The molecule has 0 atom stereocenters. The quantitative estimate of drug-likeness (QED) is 0.439. The largest absolute Gasteiger partial charge is 0.504 e. The van der Waals surface area contributed by atoms with Gasteiger partial charge in [-0.15, -0.1) is 11.3 Å². The van der Waals surface area contributed by atoms with E-state index in [4.69, 9.17) is 9.47 Å². The van der Waals surface area contributed by atoms with Crippen LogP contribution in [0, 0.1) is 6.92 Å². The molecular weight excluding hydrogens is 404 g/mol. The summed E-state index contributed by atoms with van der Waals surface area (Å²) in [7, 11) is 1.43. The third kappa shape index (κ3) is 5.68. The van der Waals surface area contributed by atoms with Gasteiger partial charge in [0.05, 0.1) is 12.8 Å². The van der Waals surface area contributed by atoms with Crippen LogP contribution in [0.3, 0.4) is 0 Å². The molecule has 0 aliphatic rings. The third-order valence-corrected chi connectivity index (χ3v) is 4.82. The van der Waals surface area contributed by atoms with E-state index < -0.39 is 18.5 Å². The maximum absolute atomic E-state index is 12.0. The van der Waals surface area contributed by atoms with Gasteiger partial charge in [-0.25, -0.2) is 9.78 Å². The monoisotopic (exact) mass is 424 g/mol. The van der Waals surface area contributed by atoms with Gasteiger partial charge >= 0.3 is 5.97 Å². The highest BCUT2D eigenvalue weighted by atomic mass is 32.1. The highest BCUT2D eigenvalue weighted by Crippen LogP contribution is 2.27. The first kappa shape index (κ1) is 21.1. The Morgan fingerprint density at radius 2 is 1.97 bits per heavy atom. The van der Waals surface area contributed by atoms with Crippen LogP contribution in [0.4, 0.5) is 5.13 Å². The van der Waals surface area contributed by atoms with Gasteiger partial charge in [0.15, 0.2) is 23.2 Å². The number of phenolic OH excluding ortho intramolecular Hbond substituents is 1. The number of ether oxygens (including phenoxy) is 2. The van der Waals surface area contributed by atoms with E-state index in [9.17, 15) is 14.7 Å². The summed E-state index contributed by atoms with van der Waals surface area (Å²) in [5, 5.41) is 14.5. The van der Waals surface area contributed by atoms with Crippen molar-refractivity contribution in [1.29, 1.82) is 0 Å². The fraction of sp³-hybridized carbons (Fsp3) is 0.136. The van der Waals surface area contributed by atoms with Gasteiger partial charge < -0.3 is 14.6 Å². The molecule has 154 valence electrons. The van der Waals surface area contributed by atoms with E-state index in [-0.39, 0.29) is 5.75 Å². The molecule has 0 radical (unpaired) electrons. The molecule has 7 nitrogen and oxygen atoms in total. The molecule has 2 aromatic carbocycles. The van der Waals surface area contributed by atoms with E-state index in [2.05, 4.69) is 10.3 Å². The van der Waals surface area contributed by atoms with Gasteiger partial charge in [-0.1, -0.05) is 35.9 Å². The van der Waals surface area contributed by atoms with Crippen molar-refractivity contribution in [3.63, 3.8) is 0 Å². The lowest BCUT2D eigenvalue weighted by atomic mass is 10.1. The summed E-state index contributed by atoms with van der Waals surface area (Å²) in [5.41, 5.74) is 3.51. The average Bonchev–Trinajstić information content (AvgIpc) is 3.20. The van der Waals surface area contributed by atoms with Gasteiger partial charge in [0, 0.05) is 17.0 Å². The molecule has 0 aliphatic carbocycles. The van der Waals surface area contributed by atoms with E-state index >= 15 is 0 Å². The van der Waals surface area contributed by atoms with Crippen molar-refractivity contribution in [3.05, 3.63) is 65.0 Å². The Hall–Kier alpha value is -3.65. The number of anilines is 1. The summed E-state index contributed by atoms with van der Waals surface area (Å²) in [6.45, 7) is 1.58. The number of aromatic nitrogens is 1. The van der Waals surface area contributed by atoms with Crippen LogP contribution >= 0.6 is 11.3 Å². The fourth-order valence-corrected chi connectivity index (χ4v) is 3.23. The lowest BCUT2D eigenvalue weighted by molar-refractivity contribution is -0.142. The van der Waals surface area contributed by atoms with Crippen molar-refractivity contribution < 1.29 is 24.2 Å². The van der Waals surface area contributed by atoms with Crippen molar-refractivity contribution in [3.8, 4) is 22.8 Å². The number of esters is 1. The molecule has 0 unspecified atom stereocenters. The molecule has 3 rings (SSSR count). The standard InChI is InChI=1S/C22H20N2O5S/c1-14-3-7-16(8-4-14)17-13-30-22(23-17)24-20(26)12-29-21(27)10-6-15-5-9-18(25)19(11-15)28-2/h3-11,13,25H,12H2,1-2H3,(H,23,24,26)/b10-6+. The summed E-state index contributed by atoms with van der Waals surface area (Å²) >= 11 is 1.29. The van der Waals surface area contributed by atoms with E-state index in [1.165, 1.54) is 36.7 Å². The van der Waals surface area contributed by atoms with Crippen molar-refractivity contribution in [1.82, 2.24) is 4.98 Å². The zero-order valence-electron chi connectivity index (χ0n) is 16.4. The normalized spacial score (nSPS) is 10.7. The summed E-state index contributed by atoms with van der Waals surface area (Å²) < 4.78 is 9.95. The Labute approximate surface area is 177 Å². The number of rotatable bonds is 7. The molecule has 0 saturated heterocycles. The lowest BCUT2D eigenvalue weighted by Gasteiger charge is -2.04. The molecule has 0 aliphatic heterocycles. The van der Waals surface area contributed by atoms with Crippen molar-refractivity contribution >= 4 is 34.4 Å². The van der Waals surface area contributed by atoms with E-state index in [1.54, 1.807) is 12.1 Å². The Bertz CT molecular complexity index is 1070. The second-order valence-corrected chi connectivity index (χ2v) is 7.18. The predicted molar refractivity (Wildman–Crippen MR) is 116 cm³/mol. The smallest absolute Gasteiger partial charge is 0.331 e. The van der Waals surface area contributed by atoms with E-state index in [0.29, 0.717) is 16.4 Å². The topological polar surface area (TPSA) is 97.8 Å². The SMILES string of the molecule is COc1cc(/C=C/C(=O)OCC(=O)Nc2nc(-c3ccc(C)cc3)cs2)ccc1O. The van der Waals surface area contributed by atoms with Crippen LogP contribution in [0.1, 0.15) is 11.1 Å². The minimum Gasteiger partial charge on any atom is -0.504 e. The lowest BCUT2D eigenvalue weighted by Crippen LogP contribution is -2.20. The van der Waals surface area contributed by atoms with Crippen LogP contribution in [-0.4, -0.2) is 35.7 Å². The van der Waals surface area contributed by atoms with Gasteiger partial charge in [-0.3, -0.25) is 10.1 Å². The van der Waals surface area contributed by atoms with Crippen LogP contribution in [0.25, 0.3) is 17.3 Å². The molecule has 3 aromatic rings. The molecule has 2 N–H and O–H groups in total. The number of benzene rings is 2. The number of amides is 1. The second kappa shape index (κ2) is 9.71. The number of hydrogen-bond acceptors (Lipinski definition) is 7. The van der Waals surface area contributed by atoms with Gasteiger partial charge in [0.2, 0.25) is 0 Å². The number of nitrogens with one attached hydrogen (secondary N) is 1. The number of carbonyl (C=O) groups excluding carboxylic acids is 2. The fourth-order valence-electron chi connectivity index (χ4n) is 2.49. The summed E-state index contributed by atoms with van der Waals surface area (Å²) in [6.07, 6.45) is 2.69. The van der Waals surface area contributed by atoms with Crippen LogP contribution < -0.4 is 10.1 Å². The molecule has 1 heterocycles. The summed E-state index contributed by atoms with van der Waals surface area (Å²) in [4.78, 5) is 28.2. The first-order valence-electron chi connectivity index (χ1n) is 8.99. The molecule has 1 amide bonds. The maximum atomic E-state index is 12.0. The van der Waals surface area contributed by atoms with Gasteiger partial charge in [0.25, 0.3) is 5.91 Å². The number of nitrogens with zero attached hydrogens (tertiary/aromatic N) is 1. The molecular formula is C22H20N2O5S. The highest BCUT2D eigenvalue weighted by Gasteiger charge is 2.10. The van der Waals surface area contributed by atoms with Gasteiger partial charge in [0.1, 0.15) is 0 Å². The third-order valence-electron chi connectivity index (χ3n) is 4.06. The number of thiazole rings is 1. The number of aryl methyl sites for hydroxylation is 1. The number of hydrogen-bond donors (Lipinski definition) is 2. The van der Waals surface area contributed by atoms with Crippen LogP contribution in [0.2, 0.25) is 0 Å². The van der Waals surface area contributed by atoms with Crippen LogP contribution in [-0.2, 0) is 14.3 Å². The maximum Gasteiger partial charge on any atom is 0.331 e. The molecule has 0 fully saturated rings. The summed E-state index contributed by atoms with van der Waals surface area (Å²) in [5.74, 6) is -0.857. The number of aromatic hydroxyl groups is 1. The minimum absolute atomic E-state index is 0.00150. The number of methoxy groups -OCH3 is 1. The Morgan fingerprint density at radius 3 is 2.70 bits per heavy atom. The Balaban J connectivity index is 1.50. The second-order valence-electron chi connectivity index (χ2n) is 6.32.